The molecule has 0 aliphatic heterocycles. The van der Waals surface area contributed by atoms with Crippen LogP contribution in [0, 0.1) is 6.92 Å². The maximum Gasteiger partial charge on any atom is 0.341 e. The second-order valence-corrected chi connectivity index (χ2v) is 10.4. The van der Waals surface area contributed by atoms with Crippen molar-refractivity contribution in [2.75, 3.05) is 11.9 Å². The van der Waals surface area contributed by atoms with E-state index in [1.54, 1.807) is 6.92 Å². The second kappa shape index (κ2) is 10.5. The predicted octanol–water partition coefficient (Wildman–Crippen LogP) is 7.96. The van der Waals surface area contributed by atoms with Crippen LogP contribution in [-0.2, 0) is 11.2 Å². The first kappa shape index (κ1) is 24.0. The number of aryl methyl sites for hydroxylation is 1. The molecule has 180 valence electrons. The first-order valence-electron chi connectivity index (χ1n) is 11.8. The van der Waals surface area contributed by atoms with Crippen LogP contribution in [0.25, 0.3) is 21.2 Å². The summed E-state index contributed by atoms with van der Waals surface area (Å²) >= 11 is 2.82. The molecule has 0 saturated heterocycles. The van der Waals surface area contributed by atoms with Gasteiger partial charge in [0.25, 0.3) is 5.91 Å². The number of ether oxygens (including phenoxy) is 1. The monoisotopic (exact) mass is 511 g/mol. The Bertz CT molecular complexity index is 1530. The van der Waals surface area contributed by atoms with Crippen LogP contribution in [0.5, 0.6) is 0 Å². The summed E-state index contributed by atoms with van der Waals surface area (Å²) in [5.74, 6) is -0.658. The van der Waals surface area contributed by atoms with Crippen molar-refractivity contribution in [1.29, 1.82) is 0 Å². The van der Waals surface area contributed by atoms with E-state index in [0.717, 1.165) is 32.3 Å². The summed E-state index contributed by atoms with van der Waals surface area (Å²) in [6.07, 6.45) is 0.650. The molecule has 0 spiro atoms. The Morgan fingerprint density at radius 1 is 0.917 bits per heavy atom. The molecule has 0 bridgehead atoms. The Balaban J connectivity index is 1.53. The van der Waals surface area contributed by atoms with E-state index >= 15 is 0 Å². The molecular weight excluding hydrogens is 486 g/mol. The van der Waals surface area contributed by atoms with Gasteiger partial charge >= 0.3 is 5.97 Å². The molecule has 5 aromatic rings. The lowest BCUT2D eigenvalue weighted by molar-refractivity contribution is 0.0529. The van der Waals surface area contributed by atoms with Gasteiger partial charge in [0.2, 0.25) is 0 Å². The number of hydrogen-bond donors (Lipinski definition) is 1. The fourth-order valence-electron chi connectivity index (χ4n) is 4.21. The normalized spacial score (nSPS) is 10.9. The summed E-state index contributed by atoms with van der Waals surface area (Å²) in [5, 5.41) is 6.51. The minimum atomic E-state index is -0.441. The van der Waals surface area contributed by atoms with Gasteiger partial charge in [0, 0.05) is 15.6 Å². The van der Waals surface area contributed by atoms with Gasteiger partial charge < -0.3 is 10.1 Å². The third kappa shape index (κ3) is 4.83. The molecule has 0 radical (unpaired) electrons. The highest BCUT2D eigenvalue weighted by atomic mass is 32.1. The topological polar surface area (TPSA) is 55.4 Å². The molecule has 2 heterocycles. The molecular formula is C30H25NO3S2. The predicted molar refractivity (Wildman–Crippen MR) is 149 cm³/mol. The van der Waals surface area contributed by atoms with Crippen molar-refractivity contribution in [2.45, 2.75) is 20.3 Å². The number of carbonyl (C=O) groups is 2. The number of nitrogens with one attached hydrogen (secondary N) is 1. The zero-order chi connectivity index (χ0) is 25.1. The molecule has 0 atom stereocenters. The number of thiophene rings is 2. The van der Waals surface area contributed by atoms with Gasteiger partial charge in [-0.25, -0.2) is 4.79 Å². The lowest BCUT2D eigenvalue weighted by Crippen LogP contribution is -2.15. The van der Waals surface area contributed by atoms with Gasteiger partial charge in [-0.2, -0.15) is 0 Å². The molecule has 36 heavy (non-hydrogen) atoms. The Labute approximate surface area is 218 Å². The minimum absolute atomic E-state index is 0.217. The molecule has 0 unspecified atom stereocenters. The number of esters is 1. The molecule has 1 N–H and O–H groups in total. The maximum atomic E-state index is 13.7. The fraction of sp³-hybridized carbons (Fsp3) is 0.133. The van der Waals surface area contributed by atoms with E-state index in [2.05, 4.69) is 42.6 Å². The fourth-order valence-corrected chi connectivity index (χ4v) is 6.28. The Hall–Kier alpha value is -3.74. The molecule has 5 rings (SSSR count). The summed E-state index contributed by atoms with van der Waals surface area (Å²) in [5.41, 5.74) is 5.39. The van der Waals surface area contributed by atoms with Crippen LogP contribution in [0.3, 0.4) is 0 Å². The third-order valence-electron chi connectivity index (χ3n) is 5.99. The quantitative estimate of drug-likeness (QED) is 0.226. The van der Waals surface area contributed by atoms with Crippen LogP contribution in [0.1, 0.15) is 43.6 Å². The van der Waals surface area contributed by atoms with Crippen molar-refractivity contribution < 1.29 is 14.3 Å². The molecule has 0 aliphatic carbocycles. The molecule has 0 saturated carbocycles. The second-order valence-electron chi connectivity index (χ2n) is 8.46. The van der Waals surface area contributed by atoms with Gasteiger partial charge in [0.05, 0.1) is 11.5 Å². The SMILES string of the molecule is CCOC(=O)c1c(-c2ccccc2)csc1NC(=O)c1sc2ccccc2c1Cc1ccc(C)cc1. The van der Waals surface area contributed by atoms with E-state index in [1.807, 2.05) is 53.9 Å². The number of carbonyl (C=O) groups excluding carboxylic acids is 2. The van der Waals surface area contributed by atoms with Gasteiger partial charge in [0.15, 0.2) is 0 Å². The lowest BCUT2D eigenvalue weighted by atomic mass is 10.0. The van der Waals surface area contributed by atoms with Gasteiger partial charge in [0.1, 0.15) is 10.6 Å². The lowest BCUT2D eigenvalue weighted by Gasteiger charge is -2.10. The summed E-state index contributed by atoms with van der Waals surface area (Å²) in [6, 6.07) is 26.2. The van der Waals surface area contributed by atoms with Crippen LogP contribution in [0.15, 0.2) is 84.2 Å². The van der Waals surface area contributed by atoms with E-state index in [-0.39, 0.29) is 12.5 Å². The van der Waals surface area contributed by atoms with Crippen LogP contribution in [0.2, 0.25) is 0 Å². The molecule has 6 heteroatoms. The van der Waals surface area contributed by atoms with Gasteiger partial charge in [-0.15, -0.1) is 22.7 Å². The summed E-state index contributed by atoms with van der Waals surface area (Å²) in [7, 11) is 0. The van der Waals surface area contributed by atoms with Gasteiger partial charge in [-0.1, -0.05) is 78.4 Å². The molecule has 2 aromatic heterocycles. The van der Waals surface area contributed by atoms with E-state index in [0.29, 0.717) is 21.9 Å². The summed E-state index contributed by atoms with van der Waals surface area (Å²) in [6.45, 7) is 4.10. The number of amides is 1. The van der Waals surface area contributed by atoms with Crippen LogP contribution in [0.4, 0.5) is 5.00 Å². The average Bonchev–Trinajstić information content (AvgIpc) is 3.48. The van der Waals surface area contributed by atoms with Crippen molar-refractivity contribution in [1.82, 2.24) is 0 Å². The van der Waals surface area contributed by atoms with Crippen LogP contribution >= 0.6 is 22.7 Å². The number of fused-ring (bicyclic) bond motifs is 1. The zero-order valence-corrected chi connectivity index (χ0v) is 21.7. The van der Waals surface area contributed by atoms with Crippen molar-refractivity contribution in [3.8, 4) is 11.1 Å². The number of benzene rings is 3. The summed E-state index contributed by atoms with van der Waals surface area (Å²) < 4.78 is 6.42. The largest absolute Gasteiger partial charge is 0.462 e. The van der Waals surface area contributed by atoms with E-state index in [4.69, 9.17) is 4.74 Å². The molecule has 0 fully saturated rings. The highest BCUT2D eigenvalue weighted by molar-refractivity contribution is 7.21. The van der Waals surface area contributed by atoms with Crippen molar-refractivity contribution in [2.24, 2.45) is 0 Å². The molecule has 4 nitrogen and oxygen atoms in total. The smallest absolute Gasteiger partial charge is 0.341 e. The van der Waals surface area contributed by atoms with Crippen LogP contribution < -0.4 is 5.32 Å². The third-order valence-corrected chi connectivity index (χ3v) is 8.10. The molecule has 0 aliphatic rings. The minimum Gasteiger partial charge on any atom is -0.462 e. The Morgan fingerprint density at radius 2 is 1.64 bits per heavy atom. The number of anilines is 1. The Morgan fingerprint density at radius 3 is 2.39 bits per heavy atom. The zero-order valence-electron chi connectivity index (χ0n) is 20.0. The number of rotatable bonds is 7. The first-order valence-corrected chi connectivity index (χ1v) is 13.5. The average molecular weight is 512 g/mol. The first-order chi connectivity index (χ1) is 17.5. The van der Waals surface area contributed by atoms with E-state index in [1.165, 1.54) is 28.2 Å². The van der Waals surface area contributed by atoms with E-state index in [9.17, 15) is 9.59 Å². The maximum absolute atomic E-state index is 13.7. The van der Waals surface area contributed by atoms with Gasteiger partial charge in [-0.05, 0) is 48.4 Å². The Kier molecular flexibility index (Phi) is 6.98. The molecule has 3 aromatic carbocycles. The summed E-state index contributed by atoms with van der Waals surface area (Å²) in [4.78, 5) is 27.3. The highest BCUT2D eigenvalue weighted by Gasteiger charge is 2.25. The van der Waals surface area contributed by atoms with E-state index < -0.39 is 5.97 Å². The standard InChI is InChI=1S/C30H25NO3S2/c1-3-34-30(33)26-24(21-9-5-4-6-10-21)18-35-29(26)31-28(32)27-23(17-20-15-13-19(2)14-16-20)22-11-7-8-12-25(22)36-27/h4-16,18H,3,17H2,1-2H3,(H,31,32). The number of hydrogen-bond acceptors (Lipinski definition) is 5. The van der Waals surface area contributed by atoms with Crippen molar-refractivity contribution in [3.63, 3.8) is 0 Å². The highest BCUT2D eigenvalue weighted by Crippen LogP contribution is 2.38. The van der Waals surface area contributed by atoms with Crippen molar-refractivity contribution >= 4 is 49.6 Å². The molecule has 1 amide bonds. The van der Waals surface area contributed by atoms with Crippen LogP contribution in [-0.4, -0.2) is 18.5 Å². The van der Waals surface area contributed by atoms with Crippen molar-refractivity contribution in [3.05, 3.63) is 111 Å². The van der Waals surface area contributed by atoms with Gasteiger partial charge in [-0.3, -0.25) is 4.79 Å².